The average Bonchev–Trinajstić information content (AvgIpc) is 2.98. The number of nitro groups is 1. The van der Waals surface area contributed by atoms with Crippen molar-refractivity contribution in [1.82, 2.24) is 15.6 Å². The van der Waals surface area contributed by atoms with E-state index in [2.05, 4.69) is 15.6 Å². The Labute approximate surface area is 136 Å². The van der Waals surface area contributed by atoms with Crippen LogP contribution in [0.5, 0.6) is 0 Å². The number of pyridine rings is 1. The second-order valence-corrected chi connectivity index (χ2v) is 5.20. The van der Waals surface area contributed by atoms with E-state index in [4.69, 9.17) is 0 Å². The number of aromatic nitrogens is 1. The Bertz CT molecular complexity index is 814. The van der Waals surface area contributed by atoms with E-state index in [1.807, 2.05) is 0 Å². The SMILES string of the molecule is Cl.O=C(NC1CCNC1)c1cc(=O)[nH]c2ccc([N+](=O)[O-])cc12. The highest BCUT2D eigenvalue weighted by atomic mass is 35.5. The highest BCUT2D eigenvalue weighted by Gasteiger charge is 2.20. The van der Waals surface area contributed by atoms with E-state index < -0.39 is 16.4 Å². The Hall–Kier alpha value is -2.45. The van der Waals surface area contributed by atoms with Gasteiger partial charge >= 0.3 is 0 Å². The Morgan fingerprint density at radius 2 is 2.13 bits per heavy atom. The van der Waals surface area contributed by atoms with Gasteiger partial charge in [-0.3, -0.25) is 19.7 Å². The number of aromatic amines is 1. The van der Waals surface area contributed by atoms with Gasteiger partial charge in [0, 0.05) is 41.7 Å². The number of rotatable bonds is 3. The molecule has 3 N–H and O–H groups in total. The van der Waals surface area contributed by atoms with E-state index in [1.54, 1.807) is 0 Å². The first-order valence-corrected chi connectivity index (χ1v) is 6.87. The molecule has 122 valence electrons. The summed E-state index contributed by atoms with van der Waals surface area (Å²) in [5.41, 5.74) is -0.00525. The lowest BCUT2D eigenvalue weighted by Gasteiger charge is -2.12. The maximum atomic E-state index is 12.4. The van der Waals surface area contributed by atoms with Crippen LogP contribution in [-0.4, -0.2) is 34.9 Å². The zero-order chi connectivity index (χ0) is 15.7. The third-order valence-electron chi connectivity index (χ3n) is 3.68. The molecule has 1 saturated heterocycles. The van der Waals surface area contributed by atoms with Crippen molar-refractivity contribution in [1.29, 1.82) is 0 Å². The van der Waals surface area contributed by atoms with Crippen LogP contribution < -0.4 is 16.2 Å². The van der Waals surface area contributed by atoms with Crippen LogP contribution >= 0.6 is 12.4 Å². The minimum Gasteiger partial charge on any atom is -0.348 e. The van der Waals surface area contributed by atoms with Crippen LogP contribution in [0.25, 0.3) is 10.9 Å². The summed E-state index contributed by atoms with van der Waals surface area (Å²) in [5.74, 6) is -0.398. The number of nitrogens with zero attached hydrogens (tertiary/aromatic N) is 1. The first-order valence-electron chi connectivity index (χ1n) is 6.87. The molecule has 0 spiro atoms. The highest BCUT2D eigenvalue weighted by molar-refractivity contribution is 6.06. The van der Waals surface area contributed by atoms with Crippen LogP contribution in [0.2, 0.25) is 0 Å². The molecule has 1 atom stereocenters. The molecule has 1 amide bonds. The van der Waals surface area contributed by atoms with Crippen LogP contribution in [0, 0.1) is 10.1 Å². The number of carbonyl (C=O) groups is 1. The molecule has 0 bridgehead atoms. The minimum atomic E-state index is -0.535. The summed E-state index contributed by atoms with van der Waals surface area (Å²) < 4.78 is 0. The maximum absolute atomic E-state index is 12.4. The number of halogens is 1. The van der Waals surface area contributed by atoms with E-state index in [9.17, 15) is 19.7 Å². The second-order valence-electron chi connectivity index (χ2n) is 5.20. The number of benzene rings is 1. The number of amides is 1. The predicted molar refractivity (Wildman–Crippen MR) is 87.2 cm³/mol. The zero-order valence-electron chi connectivity index (χ0n) is 12.0. The molecule has 0 aliphatic carbocycles. The second kappa shape index (κ2) is 6.76. The monoisotopic (exact) mass is 338 g/mol. The molecule has 1 unspecified atom stereocenters. The minimum absolute atomic E-state index is 0. The van der Waals surface area contributed by atoms with Crippen molar-refractivity contribution in [2.75, 3.05) is 13.1 Å². The van der Waals surface area contributed by atoms with Gasteiger partial charge in [-0.25, -0.2) is 0 Å². The summed E-state index contributed by atoms with van der Waals surface area (Å²) in [5, 5.41) is 17.2. The fourth-order valence-electron chi connectivity index (χ4n) is 2.58. The molecular weight excluding hydrogens is 324 g/mol. The van der Waals surface area contributed by atoms with E-state index in [0.717, 1.165) is 13.0 Å². The fourth-order valence-corrected chi connectivity index (χ4v) is 2.58. The Balaban J connectivity index is 0.00000192. The van der Waals surface area contributed by atoms with Crippen LogP contribution in [0.1, 0.15) is 16.8 Å². The summed E-state index contributed by atoms with van der Waals surface area (Å²) >= 11 is 0. The van der Waals surface area contributed by atoms with E-state index in [1.165, 1.54) is 24.3 Å². The third-order valence-corrected chi connectivity index (χ3v) is 3.68. The molecule has 1 aliphatic heterocycles. The van der Waals surface area contributed by atoms with Gasteiger partial charge in [0.25, 0.3) is 11.6 Å². The number of carbonyl (C=O) groups excluding carboxylic acids is 1. The van der Waals surface area contributed by atoms with Crippen molar-refractivity contribution >= 4 is 34.9 Å². The molecule has 8 nitrogen and oxygen atoms in total. The molecule has 9 heteroatoms. The Kier molecular flexibility index (Phi) is 4.97. The van der Waals surface area contributed by atoms with Gasteiger partial charge in [0.1, 0.15) is 0 Å². The van der Waals surface area contributed by atoms with Crippen LogP contribution in [-0.2, 0) is 0 Å². The van der Waals surface area contributed by atoms with Gasteiger partial charge in [-0.1, -0.05) is 0 Å². The van der Waals surface area contributed by atoms with Gasteiger partial charge in [0.05, 0.1) is 10.5 Å². The third kappa shape index (κ3) is 3.49. The van der Waals surface area contributed by atoms with Crippen LogP contribution in [0.4, 0.5) is 5.69 Å². The molecule has 1 aliphatic rings. The van der Waals surface area contributed by atoms with E-state index in [0.29, 0.717) is 17.4 Å². The summed E-state index contributed by atoms with van der Waals surface area (Å²) in [7, 11) is 0. The van der Waals surface area contributed by atoms with Gasteiger partial charge in [-0.05, 0) is 19.0 Å². The Morgan fingerprint density at radius 3 is 2.78 bits per heavy atom. The zero-order valence-corrected chi connectivity index (χ0v) is 12.8. The molecular formula is C14H15ClN4O4. The summed E-state index contributed by atoms with van der Waals surface area (Å²) in [6.07, 6.45) is 0.813. The standard InChI is InChI=1S/C14H14N4O4.ClH/c19-13-6-11(14(20)16-8-3-4-15-7-8)10-5-9(18(21)22)1-2-12(10)17-13;/h1-2,5-6,8,15H,3-4,7H2,(H,16,20)(H,17,19);1H. The van der Waals surface area contributed by atoms with Gasteiger partial charge < -0.3 is 15.6 Å². The van der Waals surface area contributed by atoms with Crippen molar-refractivity contribution < 1.29 is 9.72 Å². The molecule has 0 saturated carbocycles. The molecule has 2 aromatic rings. The number of nitro benzene ring substituents is 1. The van der Waals surface area contributed by atoms with E-state index in [-0.39, 0.29) is 29.7 Å². The molecule has 2 heterocycles. The van der Waals surface area contributed by atoms with Crippen LogP contribution in [0.3, 0.4) is 0 Å². The lowest BCUT2D eigenvalue weighted by atomic mass is 10.1. The fraction of sp³-hybridized carbons (Fsp3) is 0.286. The molecule has 23 heavy (non-hydrogen) atoms. The lowest BCUT2D eigenvalue weighted by Crippen LogP contribution is -2.36. The lowest BCUT2D eigenvalue weighted by molar-refractivity contribution is -0.384. The quantitative estimate of drug-likeness (QED) is 0.569. The van der Waals surface area contributed by atoms with Crippen molar-refractivity contribution in [2.24, 2.45) is 0 Å². The van der Waals surface area contributed by atoms with Gasteiger partial charge in [-0.15, -0.1) is 12.4 Å². The predicted octanol–water partition coefficient (Wildman–Crippen LogP) is 0.950. The molecule has 1 fully saturated rings. The van der Waals surface area contributed by atoms with E-state index >= 15 is 0 Å². The number of non-ortho nitro benzene ring substituents is 1. The summed E-state index contributed by atoms with van der Waals surface area (Å²) in [6.45, 7) is 1.50. The van der Waals surface area contributed by atoms with Gasteiger partial charge in [0.2, 0.25) is 5.56 Å². The smallest absolute Gasteiger partial charge is 0.270 e. The number of fused-ring (bicyclic) bond motifs is 1. The maximum Gasteiger partial charge on any atom is 0.270 e. The molecule has 1 aromatic heterocycles. The van der Waals surface area contributed by atoms with Crippen molar-refractivity contribution in [2.45, 2.75) is 12.5 Å². The topological polar surface area (TPSA) is 117 Å². The van der Waals surface area contributed by atoms with Crippen molar-refractivity contribution in [3.05, 3.63) is 50.3 Å². The van der Waals surface area contributed by atoms with Crippen molar-refractivity contribution in [3.63, 3.8) is 0 Å². The largest absolute Gasteiger partial charge is 0.348 e. The van der Waals surface area contributed by atoms with Crippen LogP contribution in [0.15, 0.2) is 29.1 Å². The first-order chi connectivity index (χ1) is 10.5. The van der Waals surface area contributed by atoms with Crippen molar-refractivity contribution in [3.8, 4) is 0 Å². The number of hydrogen-bond donors (Lipinski definition) is 3. The summed E-state index contributed by atoms with van der Waals surface area (Å²) in [6, 6.07) is 5.20. The average molecular weight is 339 g/mol. The highest BCUT2D eigenvalue weighted by Crippen LogP contribution is 2.21. The normalized spacial score (nSPS) is 16.8. The molecule has 0 radical (unpaired) electrons. The molecule has 3 rings (SSSR count). The Morgan fingerprint density at radius 1 is 1.35 bits per heavy atom. The number of H-pyrrole nitrogens is 1. The van der Waals surface area contributed by atoms with Gasteiger partial charge in [-0.2, -0.15) is 0 Å². The van der Waals surface area contributed by atoms with Gasteiger partial charge in [0.15, 0.2) is 0 Å². The summed E-state index contributed by atoms with van der Waals surface area (Å²) in [4.78, 5) is 37.0. The molecule has 1 aromatic carbocycles. The number of nitrogens with one attached hydrogen (secondary N) is 3. The number of hydrogen-bond acceptors (Lipinski definition) is 5. The first kappa shape index (κ1) is 16.9.